The molecular weight excluding hydrogens is 316 g/mol. The van der Waals surface area contributed by atoms with Crippen molar-refractivity contribution in [2.75, 3.05) is 0 Å². The number of benzene rings is 1. The SMILES string of the molecule is N#CC1(C#N)C(c2ccccc2)OC23CCCCC2C1(C#N)C(=N)O3. The van der Waals surface area contributed by atoms with Gasteiger partial charge in [-0.05, 0) is 18.4 Å². The molecule has 2 saturated heterocycles. The second kappa shape index (κ2) is 5.06. The van der Waals surface area contributed by atoms with Crippen LogP contribution in [0.1, 0.15) is 37.4 Å². The Morgan fingerprint density at radius 3 is 2.40 bits per heavy atom. The largest absolute Gasteiger partial charge is 0.447 e. The molecule has 0 radical (unpaired) electrons. The van der Waals surface area contributed by atoms with Gasteiger partial charge in [0, 0.05) is 6.42 Å². The van der Waals surface area contributed by atoms with E-state index in [-0.39, 0.29) is 5.90 Å². The van der Waals surface area contributed by atoms with Crippen LogP contribution in [0.3, 0.4) is 0 Å². The van der Waals surface area contributed by atoms with E-state index in [4.69, 9.17) is 14.9 Å². The number of nitriles is 3. The Morgan fingerprint density at radius 2 is 1.76 bits per heavy atom. The second-order valence-corrected chi connectivity index (χ2v) is 6.90. The molecule has 6 heteroatoms. The van der Waals surface area contributed by atoms with Gasteiger partial charge in [0.2, 0.25) is 17.1 Å². The summed E-state index contributed by atoms with van der Waals surface area (Å²) in [6.45, 7) is 0. The molecule has 25 heavy (non-hydrogen) atoms. The molecule has 1 aromatic rings. The van der Waals surface area contributed by atoms with Gasteiger partial charge < -0.3 is 9.47 Å². The summed E-state index contributed by atoms with van der Waals surface area (Å²) in [6.07, 6.45) is 1.93. The van der Waals surface area contributed by atoms with Crippen molar-refractivity contribution in [1.29, 1.82) is 21.2 Å². The van der Waals surface area contributed by atoms with E-state index in [1.165, 1.54) is 0 Å². The first-order valence-corrected chi connectivity index (χ1v) is 8.35. The smallest absolute Gasteiger partial charge is 0.217 e. The van der Waals surface area contributed by atoms with E-state index >= 15 is 0 Å². The molecule has 1 N–H and O–H groups in total. The molecule has 4 atom stereocenters. The Morgan fingerprint density at radius 1 is 1.04 bits per heavy atom. The third kappa shape index (κ3) is 1.62. The fourth-order valence-electron chi connectivity index (χ4n) is 4.79. The summed E-state index contributed by atoms with van der Waals surface area (Å²) in [6, 6.07) is 15.3. The number of nitrogens with zero attached hydrogens (tertiary/aromatic N) is 3. The van der Waals surface area contributed by atoms with Gasteiger partial charge in [0.25, 0.3) is 0 Å². The minimum atomic E-state index is -1.83. The van der Waals surface area contributed by atoms with Gasteiger partial charge >= 0.3 is 0 Å². The van der Waals surface area contributed by atoms with Crippen LogP contribution >= 0.6 is 0 Å². The van der Waals surface area contributed by atoms with Gasteiger partial charge in [-0.25, -0.2) is 0 Å². The molecule has 1 aromatic carbocycles. The fraction of sp³-hybridized carbons (Fsp3) is 0.474. The summed E-state index contributed by atoms with van der Waals surface area (Å²) >= 11 is 0. The lowest BCUT2D eigenvalue weighted by molar-refractivity contribution is -0.294. The van der Waals surface area contributed by atoms with Crippen molar-refractivity contribution in [1.82, 2.24) is 0 Å². The van der Waals surface area contributed by atoms with Crippen LogP contribution in [0.15, 0.2) is 30.3 Å². The number of ether oxygens (including phenoxy) is 2. The molecule has 0 aromatic heterocycles. The van der Waals surface area contributed by atoms with E-state index in [9.17, 15) is 15.8 Å². The first-order valence-electron chi connectivity index (χ1n) is 8.35. The predicted molar refractivity (Wildman–Crippen MR) is 85.5 cm³/mol. The minimum absolute atomic E-state index is 0.302. The van der Waals surface area contributed by atoms with Crippen LogP contribution < -0.4 is 0 Å². The molecule has 2 heterocycles. The highest BCUT2D eigenvalue weighted by Crippen LogP contribution is 2.69. The normalized spacial score (nSPS) is 37.7. The second-order valence-electron chi connectivity index (χ2n) is 6.90. The Kier molecular flexibility index (Phi) is 3.16. The molecule has 1 aliphatic carbocycles. The van der Waals surface area contributed by atoms with Crippen molar-refractivity contribution in [3.8, 4) is 18.2 Å². The van der Waals surface area contributed by atoms with Crippen LogP contribution in [-0.4, -0.2) is 11.7 Å². The number of rotatable bonds is 1. The van der Waals surface area contributed by atoms with Gasteiger partial charge in [0.15, 0.2) is 5.41 Å². The standard InChI is InChI=1S/C19H16N4O2/c20-10-17(11-21)15(13-6-2-1-3-7-13)24-19-9-5-4-8-14(19)18(17,12-22)16(23)25-19/h1-3,6-7,14-15,23H,4-5,8-9H2. The van der Waals surface area contributed by atoms with Gasteiger partial charge in [0.1, 0.15) is 6.10 Å². The van der Waals surface area contributed by atoms with Crippen molar-refractivity contribution in [2.45, 2.75) is 37.6 Å². The van der Waals surface area contributed by atoms with Crippen LogP contribution in [-0.2, 0) is 9.47 Å². The highest BCUT2D eigenvalue weighted by atomic mass is 16.7. The number of nitrogens with one attached hydrogen (secondary N) is 1. The summed E-state index contributed by atoms with van der Waals surface area (Å²) in [5.41, 5.74) is -2.80. The van der Waals surface area contributed by atoms with E-state index < -0.39 is 28.6 Å². The Labute approximate surface area is 145 Å². The quantitative estimate of drug-likeness (QED) is 0.848. The highest BCUT2D eigenvalue weighted by Gasteiger charge is 2.80. The van der Waals surface area contributed by atoms with Crippen molar-refractivity contribution in [3.05, 3.63) is 35.9 Å². The topological polar surface area (TPSA) is 114 Å². The summed E-state index contributed by atoms with van der Waals surface area (Å²) in [5, 5.41) is 38.6. The van der Waals surface area contributed by atoms with Crippen molar-refractivity contribution < 1.29 is 9.47 Å². The third-order valence-electron chi connectivity index (χ3n) is 5.92. The van der Waals surface area contributed by atoms with E-state index in [0.29, 0.717) is 18.4 Å². The van der Waals surface area contributed by atoms with E-state index in [0.717, 1.165) is 12.8 Å². The van der Waals surface area contributed by atoms with E-state index in [1.54, 1.807) is 24.3 Å². The highest BCUT2D eigenvalue weighted by molar-refractivity contribution is 5.89. The van der Waals surface area contributed by atoms with Crippen molar-refractivity contribution in [2.24, 2.45) is 16.7 Å². The van der Waals surface area contributed by atoms with Crippen molar-refractivity contribution in [3.63, 3.8) is 0 Å². The van der Waals surface area contributed by atoms with E-state index in [2.05, 4.69) is 18.2 Å². The molecule has 2 bridgehead atoms. The zero-order valence-electron chi connectivity index (χ0n) is 13.5. The summed E-state index contributed by atoms with van der Waals surface area (Å²) in [5.74, 6) is -1.88. The summed E-state index contributed by atoms with van der Waals surface area (Å²) in [7, 11) is 0. The van der Waals surface area contributed by atoms with Crippen LogP contribution in [0.4, 0.5) is 0 Å². The molecule has 4 unspecified atom stereocenters. The molecule has 2 aliphatic heterocycles. The average molecular weight is 332 g/mol. The summed E-state index contributed by atoms with van der Waals surface area (Å²) < 4.78 is 12.1. The maximum atomic E-state index is 10.1. The van der Waals surface area contributed by atoms with Gasteiger partial charge in [-0.15, -0.1) is 0 Å². The number of hydrogen-bond acceptors (Lipinski definition) is 6. The Balaban J connectivity index is 2.01. The number of hydrogen-bond donors (Lipinski definition) is 1. The maximum absolute atomic E-state index is 10.1. The average Bonchev–Trinajstić information content (AvgIpc) is 2.87. The molecule has 3 aliphatic rings. The van der Waals surface area contributed by atoms with Crippen molar-refractivity contribution >= 4 is 5.90 Å². The Hall–Kier alpha value is -2.88. The molecule has 4 rings (SSSR count). The zero-order chi connectivity index (χ0) is 17.7. The molecule has 1 saturated carbocycles. The first-order chi connectivity index (χ1) is 12.1. The first kappa shape index (κ1) is 15.6. The van der Waals surface area contributed by atoms with Crippen LogP contribution in [0, 0.1) is 56.2 Å². The Bertz CT molecular complexity index is 848. The minimum Gasteiger partial charge on any atom is -0.447 e. The molecule has 6 nitrogen and oxygen atoms in total. The monoisotopic (exact) mass is 332 g/mol. The van der Waals surface area contributed by atoms with E-state index in [1.807, 2.05) is 6.07 Å². The van der Waals surface area contributed by atoms with Gasteiger partial charge in [-0.3, -0.25) is 5.41 Å². The fourth-order valence-corrected chi connectivity index (χ4v) is 4.79. The maximum Gasteiger partial charge on any atom is 0.217 e. The van der Waals surface area contributed by atoms with Crippen LogP contribution in [0.25, 0.3) is 0 Å². The predicted octanol–water partition coefficient (Wildman–Crippen LogP) is 3.20. The molecule has 124 valence electrons. The molecular formula is C19H16N4O2. The lowest BCUT2D eigenvalue weighted by atomic mass is 9.51. The van der Waals surface area contributed by atoms with Gasteiger partial charge in [0.05, 0.1) is 24.1 Å². The molecule has 3 fully saturated rings. The van der Waals surface area contributed by atoms with Gasteiger partial charge in [-0.2, -0.15) is 15.8 Å². The van der Waals surface area contributed by atoms with Crippen LogP contribution in [0.5, 0.6) is 0 Å². The zero-order valence-corrected chi connectivity index (χ0v) is 13.5. The lowest BCUT2D eigenvalue weighted by Gasteiger charge is -2.51. The third-order valence-corrected chi connectivity index (χ3v) is 5.92. The summed E-state index contributed by atoms with van der Waals surface area (Å²) in [4.78, 5) is 0. The van der Waals surface area contributed by atoms with Gasteiger partial charge in [-0.1, -0.05) is 36.8 Å². The lowest BCUT2D eigenvalue weighted by Crippen LogP contribution is -2.60. The molecule has 0 amide bonds. The molecule has 0 spiro atoms. The van der Waals surface area contributed by atoms with Crippen LogP contribution in [0.2, 0.25) is 0 Å².